The summed E-state index contributed by atoms with van der Waals surface area (Å²) in [5.41, 5.74) is 3.82. The van der Waals surface area contributed by atoms with Gasteiger partial charge in [-0.3, -0.25) is 9.59 Å². The van der Waals surface area contributed by atoms with Gasteiger partial charge in [-0.05, 0) is 74.4 Å². The lowest BCUT2D eigenvalue weighted by Gasteiger charge is -2.22. The average Bonchev–Trinajstić information content (AvgIpc) is 2.83. The molecule has 0 aliphatic carbocycles. The molecule has 0 bridgehead atoms. The molecule has 0 aliphatic heterocycles. The summed E-state index contributed by atoms with van der Waals surface area (Å²) in [5, 5.41) is 0. The van der Waals surface area contributed by atoms with Crippen molar-refractivity contribution in [2.45, 2.75) is 71.1 Å². The van der Waals surface area contributed by atoms with Gasteiger partial charge in [-0.1, -0.05) is 62.0 Å². The van der Waals surface area contributed by atoms with E-state index in [9.17, 15) is 9.59 Å². The molecule has 0 aromatic heterocycles. The smallest absolute Gasteiger partial charge is 0.320 e. The highest BCUT2D eigenvalue weighted by molar-refractivity contribution is 6.76. The number of benzene rings is 2. The van der Waals surface area contributed by atoms with Crippen LogP contribution in [0.5, 0.6) is 5.75 Å². The second kappa shape index (κ2) is 14.7. The summed E-state index contributed by atoms with van der Waals surface area (Å²) in [5.74, 6) is -0.923. The fourth-order valence-electron chi connectivity index (χ4n) is 4.36. The van der Waals surface area contributed by atoms with Gasteiger partial charge in [0.05, 0.1) is 28.4 Å². The Morgan fingerprint density at radius 3 is 2.00 bits per heavy atom. The van der Waals surface area contributed by atoms with Crippen molar-refractivity contribution in [1.29, 1.82) is 0 Å². The molecule has 0 amide bonds. The minimum absolute atomic E-state index is 0.254. The standard InChI is InChI=1S/C29H42O5Si/c1-6-33-28(30)27(29(31)34-7-2)19-18-24-16-14-23(15-17-24)11-8-9-20-35(4,5)22-25-12-10-13-26(21-25)32-3/h10,12-17,21,27H,6-9,11,18-20,22H2,1-5H3. The summed E-state index contributed by atoms with van der Waals surface area (Å²) in [4.78, 5) is 24.3. The predicted molar refractivity (Wildman–Crippen MR) is 143 cm³/mol. The van der Waals surface area contributed by atoms with Crippen molar-refractivity contribution in [1.82, 2.24) is 0 Å². The van der Waals surface area contributed by atoms with Crippen LogP contribution in [0, 0.1) is 5.92 Å². The maximum Gasteiger partial charge on any atom is 0.320 e. The van der Waals surface area contributed by atoms with Gasteiger partial charge in [0.1, 0.15) is 5.75 Å². The van der Waals surface area contributed by atoms with Crippen LogP contribution in [0.2, 0.25) is 19.1 Å². The molecule has 192 valence electrons. The van der Waals surface area contributed by atoms with E-state index in [0.717, 1.165) is 17.7 Å². The number of esters is 2. The van der Waals surface area contributed by atoms with Crippen molar-refractivity contribution in [3.8, 4) is 5.75 Å². The highest BCUT2D eigenvalue weighted by atomic mass is 28.3. The topological polar surface area (TPSA) is 61.8 Å². The van der Waals surface area contributed by atoms with Crippen LogP contribution in [0.25, 0.3) is 0 Å². The Labute approximate surface area is 212 Å². The number of hydrogen-bond acceptors (Lipinski definition) is 5. The van der Waals surface area contributed by atoms with Crippen LogP contribution in [0.3, 0.4) is 0 Å². The molecular formula is C29H42O5Si. The van der Waals surface area contributed by atoms with Crippen molar-refractivity contribution in [2.24, 2.45) is 5.92 Å². The van der Waals surface area contributed by atoms with Crippen molar-refractivity contribution in [3.05, 3.63) is 65.2 Å². The maximum absolute atomic E-state index is 12.2. The predicted octanol–water partition coefficient (Wildman–Crippen LogP) is 6.18. The Balaban J connectivity index is 1.78. The monoisotopic (exact) mass is 498 g/mol. The van der Waals surface area contributed by atoms with Crippen molar-refractivity contribution in [2.75, 3.05) is 20.3 Å². The molecule has 0 saturated heterocycles. The van der Waals surface area contributed by atoms with Gasteiger partial charge in [-0.2, -0.15) is 0 Å². The average molecular weight is 499 g/mol. The molecule has 0 unspecified atom stereocenters. The zero-order chi connectivity index (χ0) is 25.7. The van der Waals surface area contributed by atoms with Crippen molar-refractivity contribution < 1.29 is 23.8 Å². The minimum atomic E-state index is -1.31. The van der Waals surface area contributed by atoms with Crippen LogP contribution < -0.4 is 4.74 Å². The van der Waals surface area contributed by atoms with E-state index in [0.29, 0.717) is 12.8 Å². The van der Waals surface area contributed by atoms with Crippen LogP contribution in [-0.4, -0.2) is 40.3 Å². The second-order valence-corrected chi connectivity index (χ2v) is 15.0. The van der Waals surface area contributed by atoms with Gasteiger partial charge in [0.2, 0.25) is 0 Å². The third kappa shape index (κ3) is 10.3. The number of rotatable bonds is 15. The van der Waals surface area contributed by atoms with E-state index in [1.807, 2.05) is 6.07 Å². The second-order valence-electron chi connectivity index (χ2n) is 9.81. The molecule has 2 rings (SSSR count). The number of unbranched alkanes of at least 4 members (excludes halogenated alkanes) is 1. The van der Waals surface area contributed by atoms with Gasteiger partial charge < -0.3 is 14.2 Å². The lowest BCUT2D eigenvalue weighted by atomic mass is 9.98. The molecule has 0 spiro atoms. The summed E-state index contributed by atoms with van der Waals surface area (Å²) in [6.45, 7) is 8.93. The van der Waals surface area contributed by atoms with Crippen LogP contribution in [0.1, 0.15) is 49.8 Å². The molecule has 6 heteroatoms. The molecular weight excluding hydrogens is 456 g/mol. The zero-order valence-corrected chi connectivity index (χ0v) is 23.1. The van der Waals surface area contributed by atoms with E-state index in [4.69, 9.17) is 14.2 Å². The molecule has 2 aromatic rings. The summed E-state index contributed by atoms with van der Waals surface area (Å²) < 4.78 is 15.5. The van der Waals surface area contributed by atoms with Crippen LogP contribution in [-0.2, 0) is 37.9 Å². The summed E-state index contributed by atoms with van der Waals surface area (Å²) >= 11 is 0. The Hall–Kier alpha value is -2.60. The van der Waals surface area contributed by atoms with E-state index in [1.54, 1.807) is 21.0 Å². The lowest BCUT2D eigenvalue weighted by molar-refractivity contribution is -0.161. The molecule has 0 aliphatic rings. The Kier molecular flexibility index (Phi) is 12.0. The van der Waals surface area contributed by atoms with Gasteiger partial charge in [0.25, 0.3) is 0 Å². The third-order valence-corrected chi connectivity index (χ3v) is 9.35. The van der Waals surface area contributed by atoms with E-state index < -0.39 is 25.9 Å². The fraction of sp³-hybridized carbons (Fsp3) is 0.517. The summed E-state index contributed by atoms with van der Waals surface area (Å²) in [6.07, 6.45) is 4.52. The molecule has 2 aromatic carbocycles. The number of aryl methyl sites for hydroxylation is 2. The third-order valence-electron chi connectivity index (χ3n) is 6.27. The number of hydrogen-bond donors (Lipinski definition) is 0. The first-order valence-corrected chi connectivity index (χ1v) is 16.2. The first kappa shape index (κ1) is 28.6. The van der Waals surface area contributed by atoms with Crippen molar-refractivity contribution >= 4 is 20.0 Å². The van der Waals surface area contributed by atoms with Gasteiger partial charge >= 0.3 is 11.9 Å². The fourth-order valence-corrected chi connectivity index (χ4v) is 7.07. The zero-order valence-electron chi connectivity index (χ0n) is 22.1. The Morgan fingerprint density at radius 2 is 1.43 bits per heavy atom. The number of methoxy groups -OCH3 is 1. The van der Waals surface area contributed by atoms with Crippen LogP contribution >= 0.6 is 0 Å². The molecule has 35 heavy (non-hydrogen) atoms. The van der Waals surface area contributed by atoms with E-state index >= 15 is 0 Å². The normalized spacial score (nSPS) is 11.4. The number of carbonyl (C=O) groups excluding carboxylic acids is 2. The van der Waals surface area contributed by atoms with Crippen molar-refractivity contribution in [3.63, 3.8) is 0 Å². The Morgan fingerprint density at radius 1 is 0.829 bits per heavy atom. The van der Waals surface area contributed by atoms with Gasteiger partial charge in [-0.15, -0.1) is 0 Å². The molecule has 0 saturated carbocycles. The van der Waals surface area contributed by atoms with Gasteiger partial charge in [0, 0.05) is 0 Å². The molecule has 0 N–H and O–H groups in total. The largest absolute Gasteiger partial charge is 0.497 e. The van der Waals surface area contributed by atoms with Gasteiger partial charge in [-0.25, -0.2) is 0 Å². The SMILES string of the molecule is CCOC(=O)C(CCc1ccc(CCCC[Si](C)(C)Cc2cccc(OC)c2)cc1)C(=O)OCC. The van der Waals surface area contributed by atoms with Gasteiger partial charge in [0.15, 0.2) is 5.92 Å². The van der Waals surface area contributed by atoms with E-state index in [1.165, 1.54) is 36.1 Å². The molecule has 5 nitrogen and oxygen atoms in total. The molecule has 0 fully saturated rings. The quantitative estimate of drug-likeness (QED) is 0.127. The van der Waals surface area contributed by atoms with E-state index in [-0.39, 0.29) is 13.2 Å². The maximum atomic E-state index is 12.2. The van der Waals surface area contributed by atoms with Crippen LogP contribution in [0.15, 0.2) is 48.5 Å². The minimum Gasteiger partial charge on any atom is -0.497 e. The lowest BCUT2D eigenvalue weighted by Crippen LogP contribution is -2.29. The number of ether oxygens (including phenoxy) is 3. The molecule has 0 radical (unpaired) electrons. The number of carbonyl (C=O) groups is 2. The highest BCUT2D eigenvalue weighted by Gasteiger charge is 2.29. The van der Waals surface area contributed by atoms with Crippen LogP contribution in [0.4, 0.5) is 0 Å². The first-order valence-electron chi connectivity index (χ1n) is 12.8. The molecule has 0 heterocycles. The molecule has 0 atom stereocenters. The summed E-state index contributed by atoms with van der Waals surface area (Å²) in [7, 11) is 0.410. The summed E-state index contributed by atoms with van der Waals surface area (Å²) in [6, 6.07) is 19.5. The Bertz CT molecular complexity index is 905. The highest BCUT2D eigenvalue weighted by Crippen LogP contribution is 2.23. The van der Waals surface area contributed by atoms with E-state index in [2.05, 4.69) is 55.6 Å². The first-order chi connectivity index (χ1) is 16.8.